The lowest BCUT2D eigenvalue weighted by atomic mass is 9.86. The Hall–Kier alpha value is -5.77. The van der Waals surface area contributed by atoms with Crippen LogP contribution in [0.3, 0.4) is 0 Å². The van der Waals surface area contributed by atoms with E-state index in [2.05, 4.69) is 40.4 Å². The summed E-state index contributed by atoms with van der Waals surface area (Å²) in [5.41, 5.74) is 2.93. The lowest BCUT2D eigenvalue weighted by Gasteiger charge is -2.38. The van der Waals surface area contributed by atoms with Gasteiger partial charge in [0.05, 0.1) is 29.6 Å². The fourth-order valence-corrected chi connectivity index (χ4v) is 9.54. The van der Waals surface area contributed by atoms with Gasteiger partial charge in [0.15, 0.2) is 11.5 Å². The van der Waals surface area contributed by atoms with E-state index in [0.29, 0.717) is 37.0 Å². The molecule has 3 N–H and O–H groups in total. The Bertz CT molecular complexity index is 2260. The molecule has 308 valence electrons. The van der Waals surface area contributed by atoms with Gasteiger partial charge in [-0.2, -0.15) is 0 Å². The number of anilines is 2. The van der Waals surface area contributed by atoms with Crippen molar-refractivity contribution in [1.82, 2.24) is 40.0 Å². The van der Waals surface area contributed by atoms with E-state index in [0.717, 1.165) is 105 Å². The van der Waals surface area contributed by atoms with Crippen molar-refractivity contribution in [1.29, 1.82) is 0 Å². The molecular formula is C43H49FN10O5. The van der Waals surface area contributed by atoms with Crippen LogP contribution in [-0.2, 0) is 20.8 Å². The van der Waals surface area contributed by atoms with Crippen molar-refractivity contribution in [3.05, 3.63) is 77.6 Å². The first-order chi connectivity index (χ1) is 28.7. The number of hydrogen-bond acceptors (Lipinski definition) is 11. The number of carbonyl (C=O) groups excluding carboxylic acids is 5. The molecule has 4 fully saturated rings. The first-order valence-electron chi connectivity index (χ1n) is 21.0. The molecule has 16 heteroatoms. The Kier molecular flexibility index (Phi) is 10.8. The maximum Gasteiger partial charge on any atom is 0.262 e. The summed E-state index contributed by atoms with van der Waals surface area (Å²) in [5, 5.41) is 8.87. The van der Waals surface area contributed by atoms with E-state index >= 15 is 4.39 Å². The largest absolute Gasteiger partial charge is 0.369 e. The summed E-state index contributed by atoms with van der Waals surface area (Å²) in [6.07, 6.45) is 10.7. The van der Waals surface area contributed by atoms with Gasteiger partial charge in [0.25, 0.3) is 11.8 Å². The maximum absolute atomic E-state index is 15.4. The van der Waals surface area contributed by atoms with Crippen LogP contribution >= 0.6 is 0 Å². The van der Waals surface area contributed by atoms with Crippen LogP contribution in [0, 0.1) is 17.7 Å². The molecule has 0 bridgehead atoms. The van der Waals surface area contributed by atoms with Gasteiger partial charge in [-0.05, 0) is 94.0 Å². The molecule has 2 aromatic carbocycles. The van der Waals surface area contributed by atoms with Crippen molar-refractivity contribution < 1.29 is 28.4 Å². The number of likely N-dealkylation sites (tertiary alicyclic amines) is 1. The standard InChI is InChI=1S/C43H49FN10O5/c44-33-21-31-32(43(59)54(42(31)58)34-6-7-36(55)50-41(34)57)22-35(33)52-16-11-28(12-17-52)23-51-14-9-26(10-15-51)8-13-45-39-38-40(47-24-46-39)53(25-48-38)30-19-29(20-30)49-37(56)18-27-4-2-1-3-5-27/h1-5,21-22,24-26,28-30,34H,6-20,23H2,(H,49,56)(H,45,46,47)(H,50,55,57)/t29?,30?,34-/m0/s1. The van der Waals surface area contributed by atoms with Gasteiger partial charge in [-0.3, -0.25) is 34.2 Å². The Morgan fingerprint density at radius 2 is 1.59 bits per heavy atom. The molecule has 1 aliphatic carbocycles. The molecule has 5 amide bonds. The minimum absolute atomic E-state index is 0.0276. The fraction of sp³-hybridized carbons (Fsp3) is 0.488. The second-order valence-corrected chi connectivity index (χ2v) is 16.8. The minimum atomic E-state index is -1.09. The van der Waals surface area contributed by atoms with Crippen molar-refractivity contribution in [2.24, 2.45) is 11.8 Å². The van der Waals surface area contributed by atoms with Crippen LogP contribution in [0.15, 0.2) is 55.1 Å². The normalized spacial score (nSPS) is 23.0. The summed E-state index contributed by atoms with van der Waals surface area (Å²) < 4.78 is 17.6. The third kappa shape index (κ3) is 8.01. The highest BCUT2D eigenvalue weighted by Crippen LogP contribution is 2.36. The van der Waals surface area contributed by atoms with Crippen LogP contribution in [0.4, 0.5) is 15.9 Å². The molecule has 1 atom stereocenters. The third-order valence-corrected chi connectivity index (χ3v) is 13.0. The molecule has 0 spiro atoms. The Balaban J connectivity index is 0.701. The number of halogens is 1. The lowest BCUT2D eigenvalue weighted by Crippen LogP contribution is -2.54. The van der Waals surface area contributed by atoms with Crippen LogP contribution in [0.5, 0.6) is 0 Å². The van der Waals surface area contributed by atoms with Crippen LogP contribution in [0.1, 0.15) is 90.1 Å². The molecule has 0 unspecified atom stereocenters. The van der Waals surface area contributed by atoms with E-state index in [1.807, 2.05) is 41.6 Å². The molecule has 1 saturated carbocycles. The van der Waals surface area contributed by atoms with E-state index < -0.39 is 35.5 Å². The number of amides is 5. The summed E-state index contributed by atoms with van der Waals surface area (Å²) in [5.74, 6) is -1.13. The molecule has 3 saturated heterocycles. The Labute approximate surface area is 341 Å². The Morgan fingerprint density at radius 3 is 2.34 bits per heavy atom. The Morgan fingerprint density at radius 1 is 0.864 bits per heavy atom. The van der Waals surface area contributed by atoms with E-state index in [1.54, 1.807) is 6.33 Å². The maximum atomic E-state index is 15.4. The highest BCUT2D eigenvalue weighted by molar-refractivity contribution is 6.23. The number of imide groups is 2. The number of aromatic nitrogens is 4. The molecule has 4 aromatic rings. The van der Waals surface area contributed by atoms with Gasteiger partial charge >= 0.3 is 0 Å². The molecule has 15 nitrogen and oxygen atoms in total. The summed E-state index contributed by atoms with van der Waals surface area (Å²) >= 11 is 0. The lowest BCUT2D eigenvalue weighted by molar-refractivity contribution is -0.136. The highest BCUT2D eigenvalue weighted by atomic mass is 19.1. The van der Waals surface area contributed by atoms with Gasteiger partial charge in [0.2, 0.25) is 17.7 Å². The first-order valence-corrected chi connectivity index (χ1v) is 21.0. The topological polar surface area (TPSA) is 175 Å². The van der Waals surface area contributed by atoms with Crippen molar-refractivity contribution in [2.45, 2.75) is 82.3 Å². The minimum Gasteiger partial charge on any atom is -0.369 e. The molecule has 59 heavy (non-hydrogen) atoms. The molecular weight excluding hydrogens is 756 g/mol. The summed E-state index contributed by atoms with van der Waals surface area (Å²) in [4.78, 5) is 82.1. The zero-order valence-electron chi connectivity index (χ0n) is 32.9. The molecule has 5 aliphatic rings. The SMILES string of the molecule is O=C1CC[C@H](N2C(=O)c3cc(F)c(N4CCC(CN5CCC(CCNc6ncnc7c6ncn7C6CC(NC(=O)Cc7ccccc7)C6)CC5)CC4)cc3C2=O)C(=O)N1. The van der Waals surface area contributed by atoms with Gasteiger partial charge in [-0.25, -0.2) is 19.3 Å². The van der Waals surface area contributed by atoms with E-state index in [9.17, 15) is 24.0 Å². The average molecular weight is 805 g/mol. The van der Waals surface area contributed by atoms with Crippen LogP contribution in [0.25, 0.3) is 11.2 Å². The number of carbonyl (C=O) groups is 5. The third-order valence-electron chi connectivity index (χ3n) is 13.0. The molecule has 9 rings (SSSR count). The second kappa shape index (κ2) is 16.5. The van der Waals surface area contributed by atoms with Gasteiger partial charge in [0, 0.05) is 44.7 Å². The summed E-state index contributed by atoms with van der Waals surface area (Å²) in [6, 6.07) is 11.7. The molecule has 0 radical (unpaired) electrons. The van der Waals surface area contributed by atoms with Crippen LogP contribution < -0.4 is 20.9 Å². The number of benzene rings is 2. The molecule has 2 aromatic heterocycles. The van der Waals surface area contributed by atoms with Crippen molar-refractivity contribution in [3.8, 4) is 0 Å². The van der Waals surface area contributed by atoms with Crippen molar-refractivity contribution in [2.75, 3.05) is 49.5 Å². The zero-order chi connectivity index (χ0) is 40.6. The van der Waals surface area contributed by atoms with E-state index in [1.165, 1.54) is 6.07 Å². The number of hydrogen-bond donors (Lipinski definition) is 3. The number of nitrogens with zero attached hydrogens (tertiary/aromatic N) is 7. The first kappa shape index (κ1) is 38.7. The quantitative estimate of drug-likeness (QED) is 0.178. The van der Waals surface area contributed by atoms with Gasteiger partial charge in [-0.15, -0.1) is 0 Å². The molecule has 4 aliphatic heterocycles. The van der Waals surface area contributed by atoms with Crippen LogP contribution in [-0.4, -0.2) is 110 Å². The number of imidazole rings is 1. The fourth-order valence-electron chi connectivity index (χ4n) is 9.54. The van der Waals surface area contributed by atoms with Gasteiger partial charge in [-0.1, -0.05) is 30.3 Å². The van der Waals surface area contributed by atoms with Gasteiger partial charge < -0.3 is 25.0 Å². The second-order valence-electron chi connectivity index (χ2n) is 16.8. The van der Waals surface area contributed by atoms with E-state index in [4.69, 9.17) is 0 Å². The van der Waals surface area contributed by atoms with E-state index in [-0.39, 0.29) is 42.0 Å². The number of nitrogens with one attached hydrogen (secondary N) is 3. The summed E-state index contributed by atoms with van der Waals surface area (Å²) in [7, 11) is 0. The van der Waals surface area contributed by atoms with Gasteiger partial charge in [0.1, 0.15) is 23.7 Å². The molecule has 6 heterocycles. The average Bonchev–Trinajstić information content (AvgIpc) is 3.75. The highest BCUT2D eigenvalue weighted by Gasteiger charge is 2.45. The smallest absolute Gasteiger partial charge is 0.262 e. The van der Waals surface area contributed by atoms with Crippen molar-refractivity contribution in [3.63, 3.8) is 0 Å². The van der Waals surface area contributed by atoms with Crippen LogP contribution in [0.2, 0.25) is 0 Å². The number of rotatable bonds is 12. The number of fused-ring (bicyclic) bond motifs is 2. The van der Waals surface area contributed by atoms with Crippen molar-refractivity contribution >= 4 is 52.2 Å². The summed E-state index contributed by atoms with van der Waals surface area (Å²) in [6.45, 7) is 5.18. The monoisotopic (exact) mass is 804 g/mol. The number of piperidine rings is 3. The predicted molar refractivity (Wildman–Crippen MR) is 216 cm³/mol. The predicted octanol–water partition coefficient (Wildman–Crippen LogP) is 3.86. The zero-order valence-corrected chi connectivity index (χ0v) is 32.9.